The highest BCUT2D eigenvalue weighted by Crippen LogP contribution is 2.29. The van der Waals surface area contributed by atoms with Gasteiger partial charge in [-0.05, 0) is 35.9 Å². The van der Waals surface area contributed by atoms with Crippen LogP contribution >= 0.6 is 0 Å². The highest BCUT2D eigenvalue weighted by molar-refractivity contribution is 6.15. The Morgan fingerprint density at radius 1 is 0.941 bits per heavy atom. The second-order valence-electron chi connectivity index (χ2n) is 7.63. The molecule has 1 amide bonds. The van der Waals surface area contributed by atoms with E-state index in [1.54, 1.807) is 49.3 Å². The fourth-order valence-electron chi connectivity index (χ4n) is 3.47. The van der Waals surface area contributed by atoms with Crippen molar-refractivity contribution >= 4 is 23.1 Å². The van der Waals surface area contributed by atoms with Crippen molar-refractivity contribution < 1.29 is 24.0 Å². The molecule has 3 aromatic rings. The molecule has 176 valence electrons. The number of carbonyl (C=O) groups is 2. The summed E-state index contributed by atoms with van der Waals surface area (Å²) in [5, 5.41) is 14.3. The molecule has 1 N–H and O–H groups in total. The molecule has 3 rings (SSSR count). The number of benzene rings is 3. The first-order valence-electron chi connectivity index (χ1n) is 10.3. The van der Waals surface area contributed by atoms with Crippen molar-refractivity contribution in [1.29, 1.82) is 0 Å². The third-order valence-corrected chi connectivity index (χ3v) is 5.20. The van der Waals surface area contributed by atoms with Crippen LogP contribution in [0.5, 0.6) is 11.5 Å². The van der Waals surface area contributed by atoms with Crippen LogP contribution in [-0.4, -0.2) is 44.9 Å². The maximum absolute atomic E-state index is 13.2. The van der Waals surface area contributed by atoms with Gasteiger partial charge >= 0.3 is 0 Å². The summed E-state index contributed by atoms with van der Waals surface area (Å²) in [5.74, 6) is 0.233. The van der Waals surface area contributed by atoms with Crippen LogP contribution in [0.3, 0.4) is 0 Å². The lowest BCUT2D eigenvalue weighted by molar-refractivity contribution is -0.384. The number of ketones is 1. The number of ether oxygens (including phenoxy) is 2. The van der Waals surface area contributed by atoms with E-state index in [1.165, 1.54) is 44.6 Å². The average Bonchev–Trinajstić information content (AvgIpc) is 2.85. The molecule has 0 fully saturated rings. The summed E-state index contributed by atoms with van der Waals surface area (Å²) in [6.45, 7) is 0.178. The van der Waals surface area contributed by atoms with Crippen LogP contribution in [0.4, 0.5) is 11.4 Å². The van der Waals surface area contributed by atoms with E-state index in [4.69, 9.17) is 9.47 Å². The number of nitrogens with zero attached hydrogens (tertiary/aromatic N) is 2. The lowest BCUT2D eigenvalue weighted by Gasteiger charge is -2.14. The fourth-order valence-corrected chi connectivity index (χ4v) is 3.47. The molecule has 0 aliphatic rings. The Hall–Kier alpha value is -4.40. The van der Waals surface area contributed by atoms with Gasteiger partial charge in [0.2, 0.25) is 0 Å². The number of nitro groups is 1. The number of hydrogen-bond acceptors (Lipinski definition) is 7. The Labute approximate surface area is 197 Å². The van der Waals surface area contributed by atoms with Gasteiger partial charge in [-0.25, -0.2) is 0 Å². The molecular weight excluding hydrogens is 438 g/mol. The summed E-state index contributed by atoms with van der Waals surface area (Å²) in [7, 11) is 6.44. The van der Waals surface area contributed by atoms with Crippen LogP contribution in [0.2, 0.25) is 0 Å². The predicted molar refractivity (Wildman–Crippen MR) is 128 cm³/mol. The van der Waals surface area contributed by atoms with Gasteiger partial charge in [0, 0.05) is 43.9 Å². The van der Waals surface area contributed by atoms with E-state index in [1.807, 2.05) is 0 Å². The van der Waals surface area contributed by atoms with Gasteiger partial charge in [0.05, 0.1) is 24.7 Å². The van der Waals surface area contributed by atoms with Gasteiger partial charge in [-0.15, -0.1) is 0 Å². The zero-order valence-electron chi connectivity index (χ0n) is 19.3. The number of hydrogen-bond donors (Lipinski definition) is 1. The molecule has 0 heterocycles. The summed E-state index contributed by atoms with van der Waals surface area (Å²) < 4.78 is 10.5. The van der Waals surface area contributed by atoms with Crippen LogP contribution < -0.4 is 19.7 Å². The van der Waals surface area contributed by atoms with Crippen LogP contribution in [0, 0.1) is 10.1 Å². The number of amides is 1. The highest BCUT2D eigenvalue weighted by Gasteiger charge is 2.22. The standard InChI is InChI=1S/C25H25N3O6/c1-27(2)22-10-9-17(13-23(22)28(31)32)24(29)20-7-5-6-8-21(20)25(30)26-15-16-11-18(33-3)14-19(12-16)34-4/h5-14H,15H2,1-4H3,(H,26,30). The van der Waals surface area contributed by atoms with Gasteiger partial charge in [0.1, 0.15) is 17.2 Å². The molecule has 0 aliphatic heterocycles. The summed E-state index contributed by atoms with van der Waals surface area (Å²) >= 11 is 0. The molecule has 0 spiro atoms. The average molecular weight is 463 g/mol. The van der Waals surface area contributed by atoms with Crippen molar-refractivity contribution in [1.82, 2.24) is 5.32 Å². The fraction of sp³-hybridized carbons (Fsp3) is 0.200. The highest BCUT2D eigenvalue weighted by atomic mass is 16.6. The van der Waals surface area contributed by atoms with E-state index >= 15 is 0 Å². The molecule has 0 unspecified atom stereocenters. The zero-order valence-corrected chi connectivity index (χ0v) is 19.3. The molecule has 0 saturated heterocycles. The molecule has 0 bridgehead atoms. The maximum atomic E-state index is 13.2. The van der Waals surface area contributed by atoms with Crippen molar-refractivity contribution in [3.05, 3.63) is 93.0 Å². The van der Waals surface area contributed by atoms with Gasteiger partial charge in [0.15, 0.2) is 5.78 Å². The minimum Gasteiger partial charge on any atom is -0.497 e. The molecule has 0 radical (unpaired) electrons. The minimum absolute atomic E-state index is 0.120. The monoisotopic (exact) mass is 463 g/mol. The Kier molecular flexibility index (Phi) is 7.47. The Balaban J connectivity index is 1.87. The minimum atomic E-state index is -0.535. The Bertz CT molecular complexity index is 1220. The number of carbonyl (C=O) groups excluding carboxylic acids is 2. The third kappa shape index (κ3) is 5.32. The van der Waals surface area contributed by atoms with Crippen molar-refractivity contribution in [3.8, 4) is 11.5 Å². The van der Waals surface area contributed by atoms with Crippen LogP contribution in [-0.2, 0) is 6.54 Å². The smallest absolute Gasteiger partial charge is 0.293 e. The van der Waals surface area contributed by atoms with E-state index in [-0.39, 0.29) is 28.9 Å². The molecule has 9 nitrogen and oxygen atoms in total. The zero-order chi connectivity index (χ0) is 24.8. The lowest BCUT2D eigenvalue weighted by Crippen LogP contribution is -2.25. The quantitative estimate of drug-likeness (QED) is 0.292. The number of rotatable bonds is 9. The van der Waals surface area contributed by atoms with E-state index in [9.17, 15) is 19.7 Å². The first kappa shape index (κ1) is 24.2. The van der Waals surface area contributed by atoms with Crippen molar-refractivity contribution in [2.75, 3.05) is 33.2 Å². The molecular formula is C25H25N3O6. The van der Waals surface area contributed by atoms with Crippen molar-refractivity contribution in [2.45, 2.75) is 6.54 Å². The van der Waals surface area contributed by atoms with Crippen molar-refractivity contribution in [3.63, 3.8) is 0 Å². The van der Waals surface area contributed by atoms with Crippen LogP contribution in [0.15, 0.2) is 60.7 Å². The number of anilines is 1. The summed E-state index contributed by atoms with van der Waals surface area (Å²) in [4.78, 5) is 38.8. The molecule has 0 aliphatic carbocycles. The summed E-state index contributed by atoms with van der Waals surface area (Å²) in [6, 6.07) is 15.9. The van der Waals surface area contributed by atoms with E-state index in [0.29, 0.717) is 17.2 Å². The van der Waals surface area contributed by atoms with Crippen LogP contribution in [0.25, 0.3) is 0 Å². The van der Waals surface area contributed by atoms with Gasteiger partial charge in [-0.1, -0.05) is 18.2 Å². The van der Waals surface area contributed by atoms with Gasteiger partial charge in [-0.3, -0.25) is 19.7 Å². The largest absolute Gasteiger partial charge is 0.497 e. The number of nitrogens with one attached hydrogen (secondary N) is 1. The Morgan fingerprint density at radius 2 is 1.56 bits per heavy atom. The van der Waals surface area contributed by atoms with Gasteiger partial charge in [-0.2, -0.15) is 0 Å². The summed E-state index contributed by atoms with van der Waals surface area (Å²) in [6.07, 6.45) is 0. The lowest BCUT2D eigenvalue weighted by atomic mass is 9.97. The first-order chi connectivity index (χ1) is 16.2. The SMILES string of the molecule is COc1cc(CNC(=O)c2ccccc2C(=O)c2ccc(N(C)C)c([N+](=O)[O-])c2)cc(OC)c1. The van der Waals surface area contributed by atoms with E-state index in [2.05, 4.69) is 5.32 Å². The second kappa shape index (κ2) is 10.5. The van der Waals surface area contributed by atoms with E-state index < -0.39 is 16.6 Å². The molecule has 0 aromatic heterocycles. The first-order valence-corrected chi connectivity index (χ1v) is 10.3. The predicted octanol–water partition coefficient (Wildman–Crippen LogP) is 3.84. The number of methoxy groups -OCH3 is 2. The summed E-state index contributed by atoms with van der Waals surface area (Å²) in [5.41, 5.74) is 1.38. The van der Waals surface area contributed by atoms with Crippen LogP contribution in [0.1, 0.15) is 31.8 Å². The maximum Gasteiger partial charge on any atom is 0.293 e. The van der Waals surface area contributed by atoms with E-state index in [0.717, 1.165) is 5.56 Å². The molecule has 3 aromatic carbocycles. The van der Waals surface area contributed by atoms with Gasteiger partial charge in [0.25, 0.3) is 11.6 Å². The molecule has 0 atom stereocenters. The van der Waals surface area contributed by atoms with Crippen molar-refractivity contribution in [2.24, 2.45) is 0 Å². The topological polar surface area (TPSA) is 111 Å². The number of nitro benzene ring substituents is 1. The molecule has 9 heteroatoms. The molecule has 34 heavy (non-hydrogen) atoms. The third-order valence-electron chi connectivity index (χ3n) is 5.20. The second-order valence-corrected chi connectivity index (χ2v) is 7.63. The molecule has 0 saturated carbocycles. The van der Waals surface area contributed by atoms with Gasteiger partial charge < -0.3 is 19.7 Å². The Morgan fingerprint density at radius 3 is 2.12 bits per heavy atom. The normalized spacial score (nSPS) is 10.4.